The Kier molecular flexibility index (Phi) is 8.02. The number of aromatic nitrogens is 2. The fraction of sp³-hybridized carbons (Fsp3) is 0.857. The van der Waals surface area contributed by atoms with E-state index in [2.05, 4.69) is 34.8 Å². The molecule has 1 atom stereocenters. The first-order chi connectivity index (χ1) is 9.53. The number of rotatable bonds is 11. The SMILES string of the molecule is CCCCCC(C)(C)CNCC(O)COc1cnsn1. The first kappa shape index (κ1) is 17.3. The molecule has 20 heavy (non-hydrogen) atoms. The Morgan fingerprint density at radius 1 is 1.45 bits per heavy atom. The molecule has 116 valence electrons. The molecule has 0 aromatic carbocycles. The molecule has 0 spiro atoms. The Labute approximate surface area is 126 Å². The van der Waals surface area contributed by atoms with Crippen LogP contribution in [-0.4, -0.2) is 39.7 Å². The van der Waals surface area contributed by atoms with Crippen molar-refractivity contribution >= 4 is 11.7 Å². The maximum Gasteiger partial charge on any atom is 0.245 e. The smallest absolute Gasteiger partial charge is 0.245 e. The van der Waals surface area contributed by atoms with Gasteiger partial charge >= 0.3 is 0 Å². The largest absolute Gasteiger partial charge is 0.473 e. The van der Waals surface area contributed by atoms with Crippen LogP contribution < -0.4 is 10.1 Å². The summed E-state index contributed by atoms with van der Waals surface area (Å²) in [5.41, 5.74) is 0.272. The van der Waals surface area contributed by atoms with Crippen LogP contribution in [0.5, 0.6) is 5.88 Å². The van der Waals surface area contributed by atoms with Crippen molar-refractivity contribution in [2.75, 3.05) is 19.7 Å². The van der Waals surface area contributed by atoms with Crippen LogP contribution in [-0.2, 0) is 0 Å². The predicted molar refractivity (Wildman–Crippen MR) is 82.2 cm³/mol. The van der Waals surface area contributed by atoms with Gasteiger partial charge in [-0.05, 0) is 11.8 Å². The van der Waals surface area contributed by atoms with Crippen molar-refractivity contribution in [1.82, 2.24) is 14.1 Å². The van der Waals surface area contributed by atoms with Gasteiger partial charge in [-0.3, -0.25) is 0 Å². The number of nitrogens with one attached hydrogen (secondary N) is 1. The number of nitrogens with zero attached hydrogens (tertiary/aromatic N) is 2. The number of ether oxygens (including phenoxy) is 1. The van der Waals surface area contributed by atoms with Gasteiger partial charge in [0.2, 0.25) is 5.88 Å². The summed E-state index contributed by atoms with van der Waals surface area (Å²) >= 11 is 1.10. The number of aliphatic hydroxyl groups is 1. The zero-order valence-corrected chi connectivity index (χ0v) is 13.6. The maximum absolute atomic E-state index is 9.83. The van der Waals surface area contributed by atoms with Gasteiger partial charge in [-0.25, -0.2) is 0 Å². The van der Waals surface area contributed by atoms with E-state index < -0.39 is 6.10 Å². The highest BCUT2D eigenvalue weighted by atomic mass is 32.1. The van der Waals surface area contributed by atoms with Gasteiger partial charge in [0, 0.05) is 13.1 Å². The molecule has 5 nitrogen and oxygen atoms in total. The van der Waals surface area contributed by atoms with Crippen LogP contribution in [0.25, 0.3) is 0 Å². The van der Waals surface area contributed by atoms with Crippen molar-refractivity contribution in [2.45, 2.75) is 52.6 Å². The molecular weight excluding hydrogens is 274 g/mol. The first-order valence-corrected chi connectivity index (χ1v) is 8.05. The highest BCUT2D eigenvalue weighted by Crippen LogP contribution is 2.22. The molecule has 0 aliphatic carbocycles. The third-order valence-electron chi connectivity index (χ3n) is 3.21. The number of aliphatic hydroxyl groups excluding tert-OH is 1. The molecule has 0 radical (unpaired) electrons. The van der Waals surface area contributed by atoms with E-state index in [4.69, 9.17) is 4.74 Å². The van der Waals surface area contributed by atoms with Crippen molar-refractivity contribution in [1.29, 1.82) is 0 Å². The molecule has 1 heterocycles. The van der Waals surface area contributed by atoms with E-state index in [0.29, 0.717) is 12.4 Å². The molecule has 0 aliphatic rings. The second kappa shape index (κ2) is 9.26. The van der Waals surface area contributed by atoms with E-state index in [0.717, 1.165) is 18.3 Å². The Balaban J connectivity index is 2.09. The minimum absolute atomic E-state index is 0.245. The minimum atomic E-state index is -0.525. The Morgan fingerprint density at radius 2 is 2.25 bits per heavy atom. The number of unbranched alkanes of at least 4 members (excludes halogenated alkanes) is 2. The van der Waals surface area contributed by atoms with Crippen molar-refractivity contribution in [3.63, 3.8) is 0 Å². The van der Waals surface area contributed by atoms with Crippen LogP contribution in [0, 0.1) is 5.41 Å². The van der Waals surface area contributed by atoms with E-state index in [-0.39, 0.29) is 12.0 Å². The Bertz CT molecular complexity index is 344. The summed E-state index contributed by atoms with van der Waals surface area (Å²) in [6.45, 7) is 8.44. The maximum atomic E-state index is 9.83. The van der Waals surface area contributed by atoms with E-state index >= 15 is 0 Å². The highest BCUT2D eigenvalue weighted by molar-refractivity contribution is 6.99. The highest BCUT2D eigenvalue weighted by Gasteiger charge is 2.17. The molecule has 0 fully saturated rings. The van der Waals surface area contributed by atoms with Gasteiger partial charge in [-0.1, -0.05) is 40.0 Å². The number of hydrogen-bond donors (Lipinski definition) is 2. The summed E-state index contributed by atoms with van der Waals surface area (Å²) in [6, 6.07) is 0. The standard InChI is InChI=1S/C14H27N3O2S/c1-4-5-6-7-14(2,3)11-15-8-12(18)10-19-13-9-16-20-17-13/h9,12,15,18H,4-8,10-11H2,1-3H3. The fourth-order valence-corrected chi connectivity index (χ4v) is 2.34. The van der Waals surface area contributed by atoms with Gasteiger partial charge in [0.1, 0.15) is 18.9 Å². The molecule has 1 rings (SSSR count). The van der Waals surface area contributed by atoms with E-state index in [1.165, 1.54) is 25.7 Å². The van der Waals surface area contributed by atoms with Crippen molar-refractivity contribution in [3.8, 4) is 5.88 Å². The summed E-state index contributed by atoms with van der Waals surface area (Å²) in [7, 11) is 0. The quantitative estimate of drug-likeness (QED) is 0.615. The van der Waals surface area contributed by atoms with Gasteiger partial charge in [0.15, 0.2) is 0 Å². The lowest BCUT2D eigenvalue weighted by molar-refractivity contribution is 0.101. The summed E-state index contributed by atoms with van der Waals surface area (Å²) in [4.78, 5) is 0. The normalized spacial score (nSPS) is 13.4. The van der Waals surface area contributed by atoms with Gasteiger partial charge in [0.25, 0.3) is 0 Å². The molecule has 2 N–H and O–H groups in total. The molecule has 6 heteroatoms. The summed E-state index contributed by atoms with van der Waals surface area (Å²) < 4.78 is 13.1. The average molecular weight is 301 g/mol. The van der Waals surface area contributed by atoms with Crippen LogP contribution in [0.1, 0.15) is 46.5 Å². The fourth-order valence-electron chi connectivity index (χ4n) is 1.98. The average Bonchev–Trinajstić information content (AvgIpc) is 2.89. The number of hydrogen-bond acceptors (Lipinski definition) is 6. The lowest BCUT2D eigenvalue weighted by Crippen LogP contribution is -2.37. The Hall–Kier alpha value is -0.720. The minimum Gasteiger partial charge on any atom is -0.473 e. The van der Waals surface area contributed by atoms with Gasteiger partial charge < -0.3 is 15.2 Å². The summed E-state index contributed by atoms with van der Waals surface area (Å²) in [5, 5.41) is 13.1. The second-order valence-corrected chi connectivity index (χ2v) is 6.52. The first-order valence-electron chi connectivity index (χ1n) is 7.32. The van der Waals surface area contributed by atoms with Gasteiger partial charge in [-0.15, -0.1) is 4.37 Å². The zero-order valence-electron chi connectivity index (χ0n) is 12.8. The molecule has 0 saturated carbocycles. The van der Waals surface area contributed by atoms with Crippen LogP contribution in [0.3, 0.4) is 0 Å². The van der Waals surface area contributed by atoms with E-state index in [1.54, 1.807) is 6.20 Å². The molecule has 0 aliphatic heterocycles. The topological polar surface area (TPSA) is 67.3 Å². The molecule has 1 aromatic rings. The summed E-state index contributed by atoms with van der Waals surface area (Å²) in [5.74, 6) is 0.481. The lowest BCUT2D eigenvalue weighted by Gasteiger charge is -2.25. The van der Waals surface area contributed by atoms with E-state index in [1.807, 2.05) is 0 Å². The van der Waals surface area contributed by atoms with Crippen LogP contribution >= 0.6 is 11.7 Å². The molecular formula is C14H27N3O2S. The van der Waals surface area contributed by atoms with Crippen molar-refractivity contribution < 1.29 is 9.84 Å². The monoisotopic (exact) mass is 301 g/mol. The summed E-state index contributed by atoms with van der Waals surface area (Å²) in [6.07, 6.45) is 6.07. The van der Waals surface area contributed by atoms with Gasteiger partial charge in [-0.2, -0.15) is 4.37 Å². The van der Waals surface area contributed by atoms with Crippen LogP contribution in [0.4, 0.5) is 0 Å². The van der Waals surface area contributed by atoms with E-state index in [9.17, 15) is 5.11 Å². The zero-order chi connectivity index (χ0) is 14.8. The molecule has 0 bridgehead atoms. The molecule has 0 amide bonds. The van der Waals surface area contributed by atoms with Crippen molar-refractivity contribution in [3.05, 3.63) is 6.20 Å². The van der Waals surface area contributed by atoms with Crippen LogP contribution in [0.15, 0.2) is 6.20 Å². The Morgan fingerprint density at radius 3 is 2.90 bits per heavy atom. The predicted octanol–water partition coefficient (Wildman–Crippen LogP) is 2.47. The molecule has 1 aromatic heterocycles. The molecule has 1 unspecified atom stereocenters. The lowest BCUT2D eigenvalue weighted by atomic mass is 9.87. The molecule has 0 saturated heterocycles. The third kappa shape index (κ3) is 7.77. The van der Waals surface area contributed by atoms with Crippen molar-refractivity contribution in [2.24, 2.45) is 5.41 Å². The van der Waals surface area contributed by atoms with Crippen LogP contribution in [0.2, 0.25) is 0 Å². The van der Waals surface area contributed by atoms with Gasteiger partial charge in [0.05, 0.1) is 11.7 Å². The second-order valence-electron chi connectivity index (χ2n) is 5.96. The third-order valence-corrected chi connectivity index (χ3v) is 3.67.